The summed E-state index contributed by atoms with van der Waals surface area (Å²) in [4.78, 5) is 24.2. The first-order valence-corrected chi connectivity index (χ1v) is 20.6. The van der Waals surface area contributed by atoms with Crippen molar-refractivity contribution in [1.82, 2.24) is 0 Å². The van der Waals surface area contributed by atoms with Crippen LogP contribution in [0.4, 0.5) is 0 Å². The molecule has 0 heterocycles. The molecule has 0 radical (unpaired) electrons. The van der Waals surface area contributed by atoms with E-state index in [1.165, 1.54) is 44.9 Å². The molecule has 0 aromatic carbocycles. The van der Waals surface area contributed by atoms with Crippen molar-refractivity contribution in [2.45, 2.75) is 180 Å². The van der Waals surface area contributed by atoms with Crippen LogP contribution in [0.15, 0.2) is 85.1 Å². The Labute approximate surface area is 314 Å². The van der Waals surface area contributed by atoms with E-state index < -0.39 is 6.10 Å². The van der Waals surface area contributed by atoms with Crippen LogP contribution in [0.1, 0.15) is 174 Å². The first-order valence-electron chi connectivity index (χ1n) is 20.6. The fourth-order valence-electron chi connectivity index (χ4n) is 5.36. The zero-order chi connectivity index (χ0) is 37.1. The van der Waals surface area contributed by atoms with Crippen LogP contribution >= 0.6 is 0 Å². The van der Waals surface area contributed by atoms with Crippen LogP contribution in [0.2, 0.25) is 0 Å². The quantitative estimate of drug-likeness (QED) is 0.0398. The number of hydrogen-bond donors (Lipinski definition) is 1. The Kier molecular flexibility index (Phi) is 39.1. The highest BCUT2D eigenvalue weighted by atomic mass is 16.6. The largest absolute Gasteiger partial charge is 0.462 e. The minimum atomic E-state index is -0.783. The minimum absolute atomic E-state index is 0.0769. The van der Waals surface area contributed by atoms with Gasteiger partial charge in [-0.1, -0.05) is 176 Å². The lowest BCUT2D eigenvalue weighted by Crippen LogP contribution is -2.28. The van der Waals surface area contributed by atoms with E-state index >= 15 is 0 Å². The van der Waals surface area contributed by atoms with Gasteiger partial charge in [0.2, 0.25) is 0 Å². The summed E-state index contributed by atoms with van der Waals surface area (Å²) in [5.74, 6) is -0.621. The Morgan fingerprint density at radius 1 is 0.471 bits per heavy atom. The van der Waals surface area contributed by atoms with Crippen LogP contribution in [0.25, 0.3) is 0 Å². The van der Waals surface area contributed by atoms with Crippen molar-refractivity contribution < 1.29 is 24.2 Å². The molecule has 0 aromatic rings. The molecule has 0 saturated carbocycles. The molecule has 51 heavy (non-hydrogen) atoms. The highest BCUT2D eigenvalue weighted by molar-refractivity contribution is 5.70. The summed E-state index contributed by atoms with van der Waals surface area (Å²) in [6.07, 6.45) is 56.5. The van der Waals surface area contributed by atoms with Crippen molar-refractivity contribution in [2.24, 2.45) is 0 Å². The number of allylic oxidation sites excluding steroid dienone is 14. The van der Waals surface area contributed by atoms with Gasteiger partial charge in [-0.2, -0.15) is 0 Å². The topological polar surface area (TPSA) is 72.8 Å². The Hall–Kier alpha value is -2.92. The van der Waals surface area contributed by atoms with Crippen molar-refractivity contribution in [3.05, 3.63) is 85.1 Å². The third kappa shape index (κ3) is 39.7. The number of unbranched alkanes of at least 4 members (excludes halogenated alkanes) is 14. The van der Waals surface area contributed by atoms with E-state index in [1.54, 1.807) is 0 Å². The van der Waals surface area contributed by atoms with Crippen LogP contribution in [0, 0.1) is 0 Å². The van der Waals surface area contributed by atoms with Gasteiger partial charge in [0.05, 0.1) is 6.61 Å². The van der Waals surface area contributed by atoms with E-state index in [0.717, 1.165) is 103 Å². The maximum absolute atomic E-state index is 12.2. The van der Waals surface area contributed by atoms with E-state index in [-0.39, 0.29) is 25.2 Å². The molecule has 0 rings (SSSR count). The lowest BCUT2D eigenvalue weighted by atomic mass is 10.1. The van der Waals surface area contributed by atoms with Gasteiger partial charge in [-0.05, 0) is 70.6 Å². The zero-order valence-electron chi connectivity index (χ0n) is 32.8. The SMILES string of the molecule is CC/C=C\C/C=C\C/C=C\C/C=C\C/C=C\C/C=C\C/C=C\CCCCCCCC(=O)OC(CO)COC(=O)CCCCCCCCCCCC. The third-order valence-corrected chi connectivity index (χ3v) is 8.45. The molecule has 0 aromatic heterocycles. The van der Waals surface area contributed by atoms with Crippen molar-refractivity contribution in [2.75, 3.05) is 13.2 Å². The monoisotopic (exact) mass is 709 g/mol. The highest BCUT2D eigenvalue weighted by Gasteiger charge is 2.16. The lowest BCUT2D eigenvalue weighted by molar-refractivity contribution is -0.161. The molecule has 1 unspecified atom stereocenters. The number of hydrogen-bond acceptors (Lipinski definition) is 5. The summed E-state index contributed by atoms with van der Waals surface area (Å²) in [5, 5.41) is 9.54. The standard InChI is InChI=1S/C46H76O5/c1-3-5-7-9-11-13-15-16-17-18-19-20-21-22-23-24-25-26-27-28-29-30-31-33-35-37-39-41-46(49)51-44(42-47)43-50-45(48)40-38-36-34-32-14-12-10-8-6-4-2/h5,7,11,13,16-17,19-20,22-23,25-26,28-29,44,47H,3-4,6,8-10,12,14-15,18,21,24,27,30-43H2,1-2H3/b7-5-,13-11-,17-16-,20-19-,23-22-,26-25-,29-28-. The average molecular weight is 709 g/mol. The van der Waals surface area contributed by atoms with E-state index in [1.807, 2.05) is 0 Å². The maximum atomic E-state index is 12.2. The van der Waals surface area contributed by atoms with Crippen molar-refractivity contribution in [1.29, 1.82) is 0 Å². The molecule has 0 fully saturated rings. The smallest absolute Gasteiger partial charge is 0.306 e. The fourth-order valence-corrected chi connectivity index (χ4v) is 5.36. The average Bonchev–Trinajstić information content (AvgIpc) is 3.13. The summed E-state index contributed by atoms with van der Waals surface area (Å²) in [7, 11) is 0. The van der Waals surface area contributed by atoms with E-state index in [2.05, 4.69) is 98.9 Å². The second-order valence-corrected chi connectivity index (χ2v) is 13.3. The number of aliphatic hydroxyl groups is 1. The fraction of sp³-hybridized carbons (Fsp3) is 0.652. The highest BCUT2D eigenvalue weighted by Crippen LogP contribution is 2.12. The molecule has 0 saturated heterocycles. The molecule has 5 heteroatoms. The Morgan fingerprint density at radius 3 is 1.27 bits per heavy atom. The molecular formula is C46H76O5. The summed E-state index contributed by atoms with van der Waals surface area (Å²) in [6.45, 7) is 3.98. The van der Waals surface area contributed by atoms with Gasteiger partial charge in [0.15, 0.2) is 6.10 Å². The van der Waals surface area contributed by atoms with Crippen LogP contribution in [-0.4, -0.2) is 36.4 Å². The summed E-state index contributed by atoms with van der Waals surface area (Å²) < 4.78 is 10.6. The van der Waals surface area contributed by atoms with Crippen LogP contribution in [0.5, 0.6) is 0 Å². The first-order chi connectivity index (χ1) is 25.1. The summed E-state index contributed by atoms with van der Waals surface area (Å²) in [6, 6.07) is 0. The van der Waals surface area contributed by atoms with Gasteiger partial charge in [0, 0.05) is 12.8 Å². The van der Waals surface area contributed by atoms with Crippen LogP contribution in [-0.2, 0) is 19.1 Å². The van der Waals surface area contributed by atoms with Gasteiger partial charge in [0.1, 0.15) is 6.61 Å². The van der Waals surface area contributed by atoms with E-state index in [4.69, 9.17) is 9.47 Å². The third-order valence-electron chi connectivity index (χ3n) is 8.45. The van der Waals surface area contributed by atoms with Crippen molar-refractivity contribution in [3.63, 3.8) is 0 Å². The zero-order valence-corrected chi connectivity index (χ0v) is 32.8. The summed E-state index contributed by atoms with van der Waals surface area (Å²) in [5.41, 5.74) is 0. The number of carbonyl (C=O) groups is 2. The number of esters is 2. The Balaban J connectivity index is 3.65. The van der Waals surface area contributed by atoms with E-state index in [0.29, 0.717) is 12.8 Å². The molecule has 5 nitrogen and oxygen atoms in total. The molecule has 0 spiro atoms. The summed E-state index contributed by atoms with van der Waals surface area (Å²) >= 11 is 0. The van der Waals surface area contributed by atoms with Gasteiger partial charge in [-0.3, -0.25) is 9.59 Å². The number of carbonyl (C=O) groups excluding carboxylic acids is 2. The van der Waals surface area contributed by atoms with Crippen LogP contribution in [0.3, 0.4) is 0 Å². The number of aliphatic hydroxyl groups excluding tert-OH is 1. The number of rotatable bonds is 36. The predicted octanol–water partition coefficient (Wildman–Crippen LogP) is 13.1. The van der Waals surface area contributed by atoms with Gasteiger partial charge >= 0.3 is 11.9 Å². The van der Waals surface area contributed by atoms with Crippen molar-refractivity contribution in [3.8, 4) is 0 Å². The van der Waals surface area contributed by atoms with Gasteiger partial charge < -0.3 is 14.6 Å². The van der Waals surface area contributed by atoms with Gasteiger partial charge in [0.25, 0.3) is 0 Å². The molecule has 0 aliphatic rings. The molecule has 290 valence electrons. The van der Waals surface area contributed by atoms with Crippen molar-refractivity contribution >= 4 is 11.9 Å². The van der Waals surface area contributed by atoms with E-state index in [9.17, 15) is 14.7 Å². The second kappa shape index (κ2) is 41.5. The number of ether oxygens (including phenoxy) is 2. The normalized spacial score (nSPS) is 13.1. The molecule has 0 amide bonds. The molecule has 1 atom stereocenters. The van der Waals surface area contributed by atoms with Crippen LogP contribution < -0.4 is 0 Å². The second-order valence-electron chi connectivity index (χ2n) is 13.3. The molecule has 0 aliphatic carbocycles. The molecular weight excluding hydrogens is 633 g/mol. The maximum Gasteiger partial charge on any atom is 0.306 e. The Morgan fingerprint density at radius 2 is 0.843 bits per heavy atom. The van der Waals surface area contributed by atoms with Gasteiger partial charge in [-0.25, -0.2) is 0 Å². The lowest BCUT2D eigenvalue weighted by Gasteiger charge is -2.15. The minimum Gasteiger partial charge on any atom is -0.462 e. The Bertz CT molecular complexity index is 984. The molecule has 1 N–H and O–H groups in total. The molecule has 0 bridgehead atoms. The molecule has 0 aliphatic heterocycles. The first kappa shape index (κ1) is 48.1. The van der Waals surface area contributed by atoms with Gasteiger partial charge in [-0.15, -0.1) is 0 Å². The predicted molar refractivity (Wildman–Crippen MR) is 219 cm³/mol.